The summed E-state index contributed by atoms with van der Waals surface area (Å²) in [5.74, 6) is -1.14. The maximum Gasteiger partial charge on any atom is 0.413 e. The van der Waals surface area contributed by atoms with E-state index in [9.17, 15) is 18.0 Å². The van der Waals surface area contributed by atoms with Gasteiger partial charge in [-0.05, 0) is 48.8 Å². The van der Waals surface area contributed by atoms with Crippen molar-refractivity contribution in [2.75, 3.05) is 13.2 Å². The van der Waals surface area contributed by atoms with E-state index >= 15 is 0 Å². The molecule has 0 spiro atoms. The number of amidine groups is 1. The molecule has 0 radical (unpaired) electrons. The second kappa shape index (κ2) is 7.28. The van der Waals surface area contributed by atoms with Crippen LogP contribution in [0.1, 0.15) is 26.5 Å². The number of hydrogen-bond donors (Lipinski definition) is 1. The molecule has 0 aliphatic carbocycles. The van der Waals surface area contributed by atoms with Gasteiger partial charge in [-0.25, -0.2) is 27.9 Å². The fraction of sp³-hybridized carbons (Fsp3) is 0.533. The zero-order valence-electron chi connectivity index (χ0n) is 13.8. The molecule has 1 aromatic heterocycles. The topological polar surface area (TPSA) is 72.8 Å². The highest BCUT2D eigenvalue weighted by molar-refractivity contribution is 9.10. The highest BCUT2D eigenvalue weighted by atomic mass is 79.9. The number of alkyl halides is 2. The van der Waals surface area contributed by atoms with E-state index in [4.69, 9.17) is 9.47 Å². The van der Waals surface area contributed by atoms with Crippen molar-refractivity contribution < 1.29 is 27.4 Å². The van der Waals surface area contributed by atoms with Crippen LogP contribution in [0.25, 0.3) is 0 Å². The molecule has 0 aromatic carbocycles. The second-order valence-corrected chi connectivity index (χ2v) is 7.18. The van der Waals surface area contributed by atoms with Gasteiger partial charge in [-0.1, -0.05) is 0 Å². The molecule has 1 N–H and O–H groups in total. The fourth-order valence-electron chi connectivity index (χ4n) is 2.15. The summed E-state index contributed by atoms with van der Waals surface area (Å²) in [7, 11) is 0. The smallest absolute Gasteiger partial charge is 0.413 e. The van der Waals surface area contributed by atoms with E-state index in [2.05, 4.69) is 31.2 Å². The third kappa shape index (κ3) is 4.69. The van der Waals surface area contributed by atoms with Gasteiger partial charge in [-0.2, -0.15) is 0 Å². The molecule has 1 aromatic rings. The largest absolute Gasteiger partial charge is 0.444 e. The Morgan fingerprint density at radius 1 is 1.44 bits per heavy atom. The van der Waals surface area contributed by atoms with Gasteiger partial charge in [0.25, 0.3) is 6.43 Å². The van der Waals surface area contributed by atoms with Gasteiger partial charge in [0.05, 0.1) is 6.61 Å². The number of carbonyl (C=O) groups excluding carboxylic acids is 1. The number of aliphatic imine (C=N–C) groups is 1. The number of alkyl carbamates (subject to hydrolysis) is 1. The molecule has 10 heteroatoms. The number of halogens is 4. The highest BCUT2D eigenvalue weighted by Gasteiger charge is 2.48. The third-order valence-corrected chi connectivity index (χ3v) is 3.57. The predicted molar refractivity (Wildman–Crippen MR) is 87.2 cm³/mol. The molecule has 6 nitrogen and oxygen atoms in total. The van der Waals surface area contributed by atoms with Gasteiger partial charge < -0.3 is 9.47 Å². The summed E-state index contributed by atoms with van der Waals surface area (Å²) in [4.78, 5) is 19.5. The molecule has 1 aliphatic heterocycles. The monoisotopic (exact) mass is 423 g/mol. The molecule has 0 bridgehead atoms. The fourth-order valence-corrected chi connectivity index (χ4v) is 2.46. The van der Waals surface area contributed by atoms with Crippen LogP contribution in [0.5, 0.6) is 0 Å². The molecular weight excluding hydrogens is 407 g/mol. The summed E-state index contributed by atoms with van der Waals surface area (Å²) in [5.41, 5.74) is -3.71. The van der Waals surface area contributed by atoms with Crippen LogP contribution in [0.2, 0.25) is 0 Å². The lowest BCUT2D eigenvalue weighted by molar-refractivity contribution is -0.0180. The number of ether oxygens (including phenoxy) is 2. The number of carbonyl (C=O) groups is 1. The Labute approximate surface area is 150 Å². The summed E-state index contributed by atoms with van der Waals surface area (Å²) < 4.78 is 52.1. The van der Waals surface area contributed by atoms with Crippen molar-refractivity contribution in [1.82, 2.24) is 10.3 Å². The number of pyridine rings is 1. The van der Waals surface area contributed by atoms with E-state index < -0.39 is 41.8 Å². The van der Waals surface area contributed by atoms with Gasteiger partial charge in [0.2, 0.25) is 0 Å². The van der Waals surface area contributed by atoms with Gasteiger partial charge in [0, 0.05) is 0 Å². The van der Waals surface area contributed by atoms with E-state index in [-0.39, 0.29) is 17.0 Å². The van der Waals surface area contributed by atoms with Crippen molar-refractivity contribution in [2.24, 2.45) is 4.99 Å². The van der Waals surface area contributed by atoms with Gasteiger partial charge in [-0.15, -0.1) is 0 Å². The molecule has 0 fully saturated rings. The van der Waals surface area contributed by atoms with Crippen LogP contribution in [-0.2, 0) is 15.0 Å². The standard InChI is InChI=1S/C15H17BrF3N3O3/c1-14(2,3)25-13(23)21-10-6-24-7-15(22-10,12(18)19)11-8(17)4-5-9(16)20-11/h4-5,12H,6-7H2,1-3H3,(H,21,22,23). The zero-order chi connectivity index (χ0) is 18.8. The Hall–Kier alpha value is -1.68. The first kappa shape index (κ1) is 19.6. The van der Waals surface area contributed by atoms with Gasteiger partial charge in [-0.3, -0.25) is 5.32 Å². The van der Waals surface area contributed by atoms with E-state index in [1.54, 1.807) is 20.8 Å². The maximum atomic E-state index is 14.1. The Morgan fingerprint density at radius 3 is 2.72 bits per heavy atom. The van der Waals surface area contributed by atoms with Crippen LogP contribution in [0.4, 0.5) is 18.0 Å². The van der Waals surface area contributed by atoms with Crippen molar-refractivity contribution in [3.63, 3.8) is 0 Å². The summed E-state index contributed by atoms with van der Waals surface area (Å²) in [6.07, 6.45) is -3.98. The average Bonchev–Trinajstić information content (AvgIpc) is 2.47. The van der Waals surface area contributed by atoms with E-state index in [0.29, 0.717) is 0 Å². The summed E-state index contributed by atoms with van der Waals surface area (Å²) in [5, 5.41) is 2.26. The number of amides is 1. The lowest BCUT2D eigenvalue weighted by Crippen LogP contribution is -2.48. The van der Waals surface area contributed by atoms with Crippen molar-refractivity contribution in [2.45, 2.75) is 38.3 Å². The molecule has 1 unspecified atom stereocenters. The van der Waals surface area contributed by atoms with Crippen molar-refractivity contribution in [3.05, 3.63) is 28.2 Å². The van der Waals surface area contributed by atoms with E-state index in [0.717, 1.165) is 6.07 Å². The lowest BCUT2D eigenvalue weighted by atomic mass is 9.95. The van der Waals surface area contributed by atoms with Crippen molar-refractivity contribution in [1.29, 1.82) is 0 Å². The molecule has 138 valence electrons. The Morgan fingerprint density at radius 2 is 2.12 bits per heavy atom. The predicted octanol–water partition coefficient (Wildman–Crippen LogP) is 3.40. The first-order valence-corrected chi connectivity index (χ1v) is 8.10. The van der Waals surface area contributed by atoms with Gasteiger partial charge in [0.15, 0.2) is 5.54 Å². The van der Waals surface area contributed by atoms with Crippen molar-refractivity contribution in [3.8, 4) is 0 Å². The number of nitrogens with zero attached hydrogens (tertiary/aromatic N) is 2. The normalized spacial score (nSPS) is 21.0. The molecule has 1 atom stereocenters. The summed E-state index contributed by atoms with van der Waals surface area (Å²) >= 11 is 3.02. The molecular formula is C15H17BrF3N3O3. The SMILES string of the molecule is CC(C)(C)OC(=O)NC1=NC(c2nc(Br)ccc2F)(C(F)F)COC1. The first-order chi connectivity index (χ1) is 11.5. The number of hydrogen-bond acceptors (Lipinski definition) is 5. The van der Waals surface area contributed by atoms with Gasteiger partial charge in [0.1, 0.15) is 34.2 Å². The molecule has 1 aliphatic rings. The molecule has 1 amide bonds. The minimum absolute atomic E-state index is 0.173. The minimum Gasteiger partial charge on any atom is -0.444 e. The number of rotatable bonds is 2. The highest BCUT2D eigenvalue weighted by Crippen LogP contribution is 2.36. The summed E-state index contributed by atoms with van der Waals surface area (Å²) in [6.45, 7) is 4.15. The molecule has 2 heterocycles. The number of nitrogens with one attached hydrogen (secondary N) is 1. The van der Waals surface area contributed by atoms with E-state index in [1.165, 1.54) is 6.07 Å². The molecule has 25 heavy (non-hydrogen) atoms. The lowest BCUT2D eigenvalue weighted by Gasteiger charge is -2.33. The maximum absolute atomic E-state index is 14.1. The number of aromatic nitrogens is 1. The Bertz CT molecular complexity index is 694. The molecule has 0 saturated heterocycles. The van der Waals surface area contributed by atoms with Crippen LogP contribution in [0.15, 0.2) is 21.7 Å². The molecule has 2 rings (SSSR count). The van der Waals surface area contributed by atoms with Crippen LogP contribution in [-0.4, -0.2) is 42.2 Å². The minimum atomic E-state index is -3.11. The summed E-state index contributed by atoms with van der Waals surface area (Å²) in [6, 6.07) is 2.28. The van der Waals surface area contributed by atoms with Gasteiger partial charge >= 0.3 is 6.09 Å². The Kier molecular flexibility index (Phi) is 5.72. The van der Waals surface area contributed by atoms with Crippen LogP contribution in [0, 0.1) is 5.82 Å². The van der Waals surface area contributed by atoms with Crippen LogP contribution in [0.3, 0.4) is 0 Å². The zero-order valence-corrected chi connectivity index (χ0v) is 15.4. The average molecular weight is 424 g/mol. The first-order valence-electron chi connectivity index (χ1n) is 7.31. The quantitative estimate of drug-likeness (QED) is 0.739. The Balaban J connectivity index is 2.38. The van der Waals surface area contributed by atoms with Crippen LogP contribution < -0.4 is 5.32 Å². The molecule has 0 saturated carbocycles. The van der Waals surface area contributed by atoms with E-state index in [1.807, 2.05) is 0 Å². The van der Waals surface area contributed by atoms with Crippen molar-refractivity contribution >= 4 is 27.9 Å². The second-order valence-electron chi connectivity index (χ2n) is 6.37. The van der Waals surface area contributed by atoms with Crippen LogP contribution >= 0.6 is 15.9 Å². The third-order valence-electron chi connectivity index (χ3n) is 3.12.